The highest BCUT2D eigenvalue weighted by molar-refractivity contribution is 7.10. The van der Waals surface area contributed by atoms with E-state index in [2.05, 4.69) is 0 Å². The van der Waals surface area contributed by atoms with Crippen molar-refractivity contribution in [2.75, 3.05) is 6.54 Å². The maximum atomic E-state index is 11.9. The van der Waals surface area contributed by atoms with Crippen LogP contribution in [0.2, 0.25) is 0 Å². The van der Waals surface area contributed by atoms with Gasteiger partial charge in [0.15, 0.2) is 0 Å². The Morgan fingerprint density at radius 2 is 2.50 bits per heavy atom. The Hall–Kier alpha value is -0.580. The van der Waals surface area contributed by atoms with Crippen LogP contribution in [-0.4, -0.2) is 33.9 Å². The average Bonchev–Trinajstić information content (AvgIpc) is 2.98. The molecule has 0 spiro atoms. The molecule has 1 aromatic heterocycles. The van der Waals surface area contributed by atoms with E-state index in [1.165, 1.54) is 0 Å². The Morgan fingerprint density at radius 1 is 1.72 bits per heavy atom. The third-order valence-electron chi connectivity index (χ3n) is 3.37. The minimum Gasteiger partial charge on any atom is -0.387 e. The summed E-state index contributed by atoms with van der Waals surface area (Å²) < 4.78 is 0. The van der Waals surface area contributed by atoms with Crippen molar-refractivity contribution in [2.45, 2.75) is 43.7 Å². The fraction of sp³-hybridized carbons (Fsp3) is 0.615. The highest BCUT2D eigenvalue weighted by atomic mass is 35.5. The van der Waals surface area contributed by atoms with Crippen LogP contribution in [0.4, 0.5) is 0 Å². The predicted octanol–water partition coefficient (Wildman–Crippen LogP) is 2.79. The molecule has 2 rings (SSSR count). The van der Waals surface area contributed by atoms with Crippen LogP contribution in [0.25, 0.3) is 0 Å². The van der Waals surface area contributed by atoms with E-state index in [-0.39, 0.29) is 11.9 Å². The molecular formula is C13H18ClNO2S. The van der Waals surface area contributed by atoms with E-state index in [0.29, 0.717) is 6.42 Å². The van der Waals surface area contributed by atoms with Crippen molar-refractivity contribution in [3.63, 3.8) is 0 Å². The normalized spacial score (nSPS) is 23.1. The van der Waals surface area contributed by atoms with E-state index < -0.39 is 11.5 Å². The second kappa shape index (κ2) is 6.04. The van der Waals surface area contributed by atoms with E-state index in [1.807, 2.05) is 22.4 Å². The molecule has 1 N–H and O–H groups in total. The second-order valence-corrected chi connectivity index (χ2v) is 6.34. The molecule has 2 heterocycles. The van der Waals surface area contributed by atoms with Crippen molar-refractivity contribution in [1.82, 2.24) is 4.90 Å². The lowest BCUT2D eigenvalue weighted by atomic mass is 10.1. The molecule has 0 aliphatic carbocycles. The largest absolute Gasteiger partial charge is 0.387 e. The summed E-state index contributed by atoms with van der Waals surface area (Å²) in [4.78, 5) is 14.7. The van der Waals surface area contributed by atoms with Crippen molar-refractivity contribution in [3.05, 3.63) is 22.4 Å². The number of amides is 1. The highest BCUT2D eigenvalue weighted by Gasteiger charge is 2.32. The van der Waals surface area contributed by atoms with Crippen LogP contribution < -0.4 is 0 Å². The smallest absolute Gasteiger partial charge is 0.240 e. The van der Waals surface area contributed by atoms with Gasteiger partial charge in [0, 0.05) is 17.5 Å². The summed E-state index contributed by atoms with van der Waals surface area (Å²) in [6.45, 7) is 2.46. The van der Waals surface area contributed by atoms with Gasteiger partial charge in [-0.25, -0.2) is 0 Å². The number of thiophene rings is 1. The molecule has 1 amide bonds. The molecular weight excluding hydrogens is 270 g/mol. The molecule has 1 aromatic rings. The summed E-state index contributed by atoms with van der Waals surface area (Å²) in [7, 11) is 0. The molecule has 0 aromatic carbocycles. The van der Waals surface area contributed by atoms with Crippen LogP contribution in [0, 0.1) is 0 Å². The van der Waals surface area contributed by atoms with Crippen LogP contribution in [0.5, 0.6) is 0 Å². The molecule has 0 saturated carbocycles. The predicted molar refractivity (Wildman–Crippen MR) is 73.9 cm³/mol. The summed E-state index contributed by atoms with van der Waals surface area (Å²) in [6.07, 6.45) is 2.08. The van der Waals surface area contributed by atoms with Crippen molar-refractivity contribution in [3.8, 4) is 0 Å². The van der Waals surface area contributed by atoms with Gasteiger partial charge in [0.25, 0.3) is 0 Å². The maximum absolute atomic E-state index is 11.9. The van der Waals surface area contributed by atoms with Crippen molar-refractivity contribution >= 4 is 28.8 Å². The third kappa shape index (κ3) is 3.05. The lowest BCUT2D eigenvalue weighted by Crippen LogP contribution is -2.40. The summed E-state index contributed by atoms with van der Waals surface area (Å²) in [5.74, 6) is -0.0162. The first-order valence-corrected chi connectivity index (χ1v) is 7.57. The van der Waals surface area contributed by atoms with Crippen LogP contribution >= 0.6 is 22.9 Å². The molecule has 1 saturated heterocycles. The molecule has 1 aliphatic heterocycles. The number of alkyl halides is 1. The number of aliphatic hydroxyl groups excluding tert-OH is 1. The minimum absolute atomic E-state index is 0.0162. The number of aliphatic hydroxyl groups is 1. The van der Waals surface area contributed by atoms with Gasteiger partial charge in [0.05, 0.1) is 6.10 Å². The Kier molecular flexibility index (Phi) is 4.65. The Morgan fingerprint density at radius 3 is 3.11 bits per heavy atom. The van der Waals surface area contributed by atoms with Gasteiger partial charge in [-0.1, -0.05) is 6.07 Å². The van der Waals surface area contributed by atoms with Crippen LogP contribution in [0.15, 0.2) is 17.5 Å². The van der Waals surface area contributed by atoms with Gasteiger partial charge < -0.3 is 10.0 Å². The Balaban J connectivity index is 1.98. The quantitative estimate of drug-likeness (QED) is 0.865. The number of likely N-dealkylation sites (tertiary alicyclic amines) is 1. The highest BCUT2D eigenvalue weighted by Crippen LogP contribution is 2.30. The minimum atomic E-state index is -0.482. The monoisotopic (exact) mass is 287 g/mol. The molecule has 3 atom stereocenters. The summed E-state index contributed by atoms with van der Waals surface area (Å²) in [5, 5.41) is 11.6. The van der Waals surface area contributed by atoms with Gasteiger partial charge in [-0.05, 0) is 37.6 Å². The Bertz CT molecular complexity index is 394. The third-order valence-corrected chi connectivity index (χ3v) is 4.53. The van der Waals surface area contributed by atoms with Crippen molar-refractivity contribution in [1.29, 1.82) is 0 Å². The fourth-order valence-electron chi connectivity index (χ4n) is 2.45. The summed E-state index contributed by atoms with van der Waals surface area (Å²) in [5.41, 5.74) is 0. The molecule has 0 radical (unpaired) electrons. The van der Waals surface area contributed by atoms with E-state index in [1.54, 1.807) is 18.3 Å². The SMILES string of the molecule is CC(Cl)C(=O)N1CCCC1CC(O)c1cccs1. The van der Waals surface area contributed by atoms with Gasteiger partial charge >= 0.3 is 0 Å². The molecule has 3 unspecified atom stereocenters. The number of carbonyl (C=O) groups excluding carboxylic acids is 1. The summed E-state index contributed by atoms with van der Waals surface area (Å²) >= 11 is 7.41. The van der Waals surface area contributed by atoms with E-state index in [0.717, 1.165) is 24.3 Å². The molecule has 3 nitrogen and oxygen atoms in total. The van der Waals surface area contributed by atoms with Gasteiger partial charge in [0.1, 0.15) is 5.38 Å². The zero-order chi connectivity index (χ0) is 13.1. The second-order valence-electron chi connectivity index (χ2n) is 4.71. The van der Waals surface area contributed by atoms with Crippen LogP contribution in [0.3, 0.4) is 0 Å². The van der Waals surface area contributed by atoms with E-state index >= 15 is 0 Å². The first-order chi connectivity index (χ1) is 8.59. The molecule has 5 heteroatoms. The zero-order valence-electron chi connectivity index (χ0n) is 10.4. The molecule has 18 heavy (non-hydrogen) atoms. The molecule has 1 aliphatic rings. The first-order valence-electron chi connectivity index (χ1n) is 6.25. The Labute approximate surface area is 116 Å². The standard InChI is InChI=1S/C13H18ClNO2S/c1-9(14)13(17)15-6-2-4-10(15)8-11(16)12-5-3-7-18-12/h3,5,7,9-11,16H,2,4,6,8H2,1H3. The van der Waals surface area contributed by atoms with E-state index in [4.69, 9.17) is 11.6 Å². The molecule has 0 bridgehead atoms. The number of carbonyl (C=O) groups is 1. The molecule has 100 valence electrons. The summed E-state index contributed by atoms with van der Waals surface area (Å²) in [6, 6.07) is 3.98. The number of nitrogens with zero attached hydrogens (tertiary/aromatic N) is 1. The zero-order valence-corrected chi connectivity index (χ0v) is 12.0. The first kappa shape index (κ1) is 13.8. The fourth-order valence-corrected chi connectivity index (χ4v) is 3.30. The van der Waals surface area contributed by atoms with Gasteiger partial charge in [0.2, 0.25) is 5.91 Å². The molecule has 1 fully saturated rings. The van der Waals surface area contributed by atoms with Crippen molar-refractivity contribution < 1.29 is 9.90 Å². The van der Waals surface area contributed by atoms with Crippen LogP contribution in [-0.2, 0) is 4.79 Å². The number of hydrogen-bond donors (Lipinski definition) is 1. The topological polar surface area (TPSA) is 40.5 Å². The van der Waals surface area contributed by atoms with E-state index in [9.17, 15) is 9.90 Å². The number of rotatable bonds is 4. The van der Waals surface area contributed by atoms with Gasteiger partial charge in [-0.15, -0.1) is 22.9 Å². The lowest BCUT2D eigenvalue weighted by Gasteiger charge is -2.27. The van der Waals surface area contributed by atoms with Crippen LogP contribution in [0.1, 0.15) is 37.2 Å². The maximum Gasteiger partial charge on any atom is 0.240 e. The number of halogens is 1. The lowest BCUT2D eigenvalue weighted by molar-refractivity contribution is -0.131. The average molecular weight is 288 g/mol. The van der Waals surface area contributed by atoms with Gasteiger partial charge in [-0.2, -0.15) is 0 Å². The number of hydrogen-bond acceptors (Lipinski definition) is 3. The van der Waals surface area contributed by atoms with Crippen molar-refractivity contribution in [2.24, 2.45) is 0 Å². The van der Waals surface area contributed by atoms with Gasteiger partial charge in [-0.3, -0.25) is 4.79 Å².